The zero-order valence-corrected chi connectivity index (χ0v) is 17.0. The van der Waals surface area contributed by atoms with Crippen molar-refractivity contribution in [1.82, 2.24) is 9.88 Å². The van der Waals surface area contributed by atoms with Gasteiger partial charge in [-0.1, -0.05) is 6.92 Å². The standard InChI is InChI=1S/C21H26F2N4O3/c1-3-25-10(2)11-6-7-26(8-11)19-15(22)17(24)14-18(16(19)23)27(12-4-5-12)9-13(20(14)28)21(29)30/h9-12,25H,3-8,24H2,1-2H3,(H,29,30)/t10-,11+/m1/s1. The summed E-state index contributed by atoms with van der Waals surface area (Å²) in [5, 5.41) is 12.3. The molecule has 0 spiro atoms. The van der Waals surface area contributed by atoms with Crippen molar-refractivity contribution in [3.63, 3.8) is 0 Å². The number of benzene rings is 1. The lowest BCUT2D eigenvalue weighted by atomic mass is 10.0. The van der Waals surface area contributed by atoms with Gasteiger partial charge in [0, 0.05) is 31.4 Å². The number of halogens is 2. The van der Waals surface area contributed by atoms with E-state index >= 15 is 8.78 Å². The molecule has 1 aromatic heterocycles. The van der Waals surface area contributed by atoms with E-state index in [1.165, 1.54) is 4.57 Å². The Morgan fingerprint density at radius 1 is 1.33 bits per heavy atom. The van der Waals surface area contributed by atoms with E-state index in [1.54, 1.807) is 4.90 Å². The summed E-state index contributed by atoms with van der Waals surface area (Å²) >= 11 is 0. The Bertz CT molecular complexity index is 1080. The quantitative estimate of drug-likeness (QED) is 0.622. The van der Waals surface area contributed by atoms with Crippen molar-refractivity contribution in [2.75, 3.05) is 30.3 Å². The predicted octanol–water partition coefficient (Wildman–Crippen LogP) is 2.72. The van der Waals surface area contributed by atoms with Crippen LogP contribution >= 0.6 is 0 Å². The molecule has 162 valence electrons. The number of pyridine rings is 1. The molecule has 0 bridgehead atoms. The molecular weight excluding hydrogens is 394 g/mol. The minimum atomic E-state index is -1.44. The van der Waals surface area contributed by atoms with Gasteiger partial charge in [-0.15, -0.1) is 0 Å². The number of nitrogen functional groups attached to an aromatic ring is 1. The van der Waals surface area contributed by atoms with E-state index in [0.29, 0.717) is 13.1 Å². The number of rotatable bonds is 6. The number of fused-ring (bicyclic) bond motifs is 1. The maximum absolute atomic E-state index is 15.7. The molecule has 4 N–H and O–H groups in total. The topological polar surface area (TPSA) is 101 Å². The van der Waals surface area contributed by atoms with Crippen molar-refractivity contribution < 1.29 is 18.7 Å². The Balaban J connectivity index is 1.89. The van der Waals surface area contributed by atoms with Gasteiger partial charge in [-0.05, 0) is 38.6 Å². The molecule has 30 heavy (non-hydrogen) atoms. The van der Waals surface area contributed by atoms with Crippen LogP contribution in [0.4, 0.5) is 20.2 Å². The molecular formula is C21H26F2N4O3. The fraction of sp³-hybridized carbons (Fsp3) is 0.524. The normalized spacial score (nSPS) is 20.1. The van der Waals surface area contributed by atoms with Gasteiger partial charge in [0.05, 0.1) is 16.6 Å². The molecule has 1 saturated heterocycles. The van der Waals surface area contributed by atoms with Crippen molar-refractivity contribution in [3.8, 4) is 0 Å². The lowest BCUT2D eigenvalue weighted by molar-refractivity contribution is 0.0695. The average molecular weight is 420 g/mol. The summed E-state index contributed by atoms with van der Waals surface area (Å²) in [6.07, 6.45) is 3.40. The number of hydrogen-bond donors (Lipinski definition) is 3. The fourth-order valence-corrected chi connectivity index (χ4v) is 4.51. The zero-order chi connectivity index (χ0) is 21.7. The Labute approximate surface area is 172 Å². The number of anilines is 2. The van der Waals surface area contributed by atoms with Crippen LogP contribution in [-0.4, -0.2) is 41.3 Å². The number of nitrogens with two attached hydrogens (primary N) is 1. The molecule has 0 unspecified atom stereocenters. The second-order valence-corrected chi connectivity index (χ2v) is 8.27. The molecule has 2 heterocycles. The molecule has 1 aromatic carbocycles. The van der Waals surface area contributed by atoms with Crippen molar-refractivity contribution in [1.29, 1.82) is 0 Å². The van der Waals surface area contributed by atoms with Gasteiger partial charge in [0.25, 0.3) is 0 Å². The number of hydrogen-bond acceptors (Lipinski definition) is 5. The van der Waals surface area contributed by atoms with E-state index < -0.39 is 39.7 Å². The Morgan fingerprint density at radius 3 is 2.63 bits per heavy atom. The van der Waals surface area contributed by atoms with E-state index in [4.69, 9.17) is 5.73 Å². The summed E-state index contributed by atoms with van der Waals surface area (Å²) in [4.78, 5) is 25.9. The molecule has 9 heteroatoms. The van der Waals surface area contributed by atoms with Gasteiger partial charge in [-0.25, -0.2) is 13.6 Å². The van der Waals surface area contributed by atoms with E-state index in [1.807, 2.05) is 6.92 Å². The summed E-state index contributed by atoms with van der Waals surface area (Å²) in [6, 6.07) is 0.0743. The first kappa shape index (κ1) is 20.6. The highest BCUT2D eigenvalue weighted by molar-refractivity contribution is 5.99. The summed E-state index contributed by atoms with van der Waals surface area (Å²) in [7, 11) is 0. The third-order valence-electron chi connectivity index (χ3n) is 6.31. The third kappa shape index (κ3) is 3.21. The van der Waals surface area contributed by atoms with Gasteiger partial charge in [-0.2, -0.15) is 0 Å². The maximum Gasteiger partial charge on any atom is 0.341 e. The molecule has 1 aliphatic carbocycles. The van der Waals surface area contributed by atoms with Crippen molar-refractivity contribution >= 4 is 28.2 Å². The molecule has 4 rings (SSSR count). The number of carboxylic acid groups (broad SMARTS) is 1. The number of nitrogens with zero attached hydrogens (tertiary/aromatic N) is 2. The first-order chi connectivity index (χ1) is 14.3. The van der Waals surface area contributed by atoms with Crippen LogP contribution in [-0.2, 0) is 0 Å². The van der Waals surface area contributed by atoms with E-state index in [-0.39, 0.29) is 29.2 Å². The second kappa shape index (κ2) is 7.54. The summed E-state index contributed by atoms with van der Waals surface area (Å²) in [5.41, 5.74) is 3.64. The van der Waals surface area contributed by atoms with Crippen LogP contribution in [0.1, 0.15) is 49.5 Å². The molecule has 2 aromatic rings. The van der Waals surface area contributed by atoms with Crippen LogP contribution < -0.4 is 21.4 Å². The molecule has 7 nitrogen and oxygen atoms in total. The van der Waals surface area contributed by atoms with Crippen molar-refractivity contribution in [2.45, 2.75) is 45.2 Å². The van der Waals surface area contributed by atoms with Gasteiger partial charge >= 0.3 is 5.97 Å². The summed E-state index contributed by atoms with van der Waals surface area (Å²) in [6.45, 7) is 5.81. The smallest absolute Gasteiger partial charge is 0.341 e. The molecule has 0 amide bonds. The fourth-order valence-electron chi connectivity index (χ4n) is 4.51. The number of aromatic nitrogens is 1. The van der Waals surface area contributed by atoms with Crippen LogP contribution in [0.25, 0.3) is 10.9 Å². The lowest BCUT2D eigenvalue weighted by Gasteiger charge is -2.25. The molecule has 1 aliphatic heterocycles. The zero-order valence-electron chi connectivity index (χ0n) is 17.0. The Hall–Kier alpha value is -2.68. The molecule has 1 saturated carbocycles. The van der Waals surface area contributed by atoms with Crippen LogP contribution in [0.2, 0.25) is 0 Å². The minimum absolute atomic E-state index is 0.107. The third-order valence-corrected chi connectivity index (χ3v) is 6.31. The minimum Gasteiger partial charge on any atom is -0.477 e. The molecule has 2 fully saturated rings. The van der Waals surface area contributed by atoms with Gasteiger partial charge in [-0.3, -0.25) is 4.79 Å². The highest BCUT2D eigenvalue weighted by Gasteiger charge is 2.35. The first-order valence-corrected chi connectivity index (χ1v) is 10.3. The van der Waals surface area contributed by atoms with E-state index in [2.05, 4.69) is 12.2 Å². The number of aromatic carboxylic acids is 1. The van der Waals surface area contributed by atoms with Gasteiger partial charge in [0.2, 0.25) is 5.43 Å². The maximum atomic E-state index is 15.7. The van der Waals surface area contributed by atoms with Gasteiger partial charge < -0.3 is 25.6 Å². The van der Waals surface area contributed by atoms with Crippen LogP contribution in [0, 0.1) is 17.6 Å². The van der Waals surface area contributed by atoms with E-state index in [0.717, 1.165) is 32.0 Å². The number of carboxylic acids is 1. The van der Waals surface area contributed by atoms with Gasteiger partial charge in [0.1, 0.15) is 11.3 Å². The van der Waals surface area contributed by atoms with Crippen molar-refractivity contribution in [2.24, 2.45) is 5.92 Å². The summed E-state index contributed by atoms with van der Waals surface area (Å²) in [5.74, 6) is -3.07. The molecule has 2 atom stereocenters. The van der Waals surface area contributed by atoms with Crippen LogP contribution in [0.3, 0.4) is 0 Å². The summed E-state index contributed by atoms with van der Waals surface area (Å²) < 4.78 is 32.5. The van der Waals surface area contributed by atoms with Crippen LogP contribution in [0.5, 0.6) is 0 Å². The Morgan fingerprint density at radius 2 is 2.03 bits per heavy atom. The predicted molar refractivity (Wildman–Crippen MR) is 111 cm³/mol. The average Bonchev–Trinajstić information content (AvgIpc) is 3.43. The first-order valence-electron chi connectivity index (χ1n) is 10.3. The highest BCUT2D eigenvalue weighted by atomic mass is 19.1. The monoisotopic (exact) mass is 420 g/mol. The van der Waals surface area contributed by atoms with E-state index in [9.17, 15) is 14.7 Å². The number of nitrogens with one attached hydrogen (secondary N) is 1. The van der Waals surface area contributed by atoms with Gasteiger partial charge in [0.15, 0.2) is 11.6 Å². The largest absolute Gasteiger partial charge is 0.477 e. The second-order valence-electron chi connectivity index (χ2n) is 8.27. The highest BCUT2D eigenvalue weighted by Crippen LogP contribution is 2.42. The SMILES string of the molecule is CCN[C@H](C)[C@H]1CCN(c2c(F)c(N)c3c(=O)c(C(=O)O)cn(C4CC4)c3c2F)C1. The van der Waals surface area contributed by atoms with Crippen LogP contribution in [0.15, 0.2) is 11.0 Å². The van der Waals surface area contributed by atoms with Crippen molar-refractivity contribution in [3.05, 3.63) is 33.6 Å². The number of carbonyl (C=O) groups is 1. The Kier molecular flexibility index (Phi) is 5.17. The molecule has 0 radical (unpaired) electrons. The lowest BCUT2D eigenvalue weighted by Crippen LogP contribution is -2.35. The molecule has 2 aliphatic rings.